The van der Waals surface area contributed by atoms with Gasteiger partial charge in [0.1, 0.15) is 0 Å². The third-order valence-corrected chi connectivity index (χ3v) is 12.2. The molecule has 1 aliphatic rings. The van der Waals surface area contributed by atoms with Crippen molar-refractivity contribution in [2.75, 3.05) is 0 Å². The molecular weight excluding hydrogens is 601 g/mol. The second-order valence-electron chi connectivity index (χ2n) is 15.1. The second kappa shape index (κ2) is 14.2. The smallest absolute Gasteiger partial charge is 0.00106 e. The highest BCUT2D eigenvalue weighted by Crippen LogP contribution is 2.49. The van der Waals surface area contributed by atoms with Crippen LogP contribution < -0.4 is 0 Å². The molecule has 0 nitrogen and oxygen atoms in total. The molecule has 0 heteroatoms. The minimum atomic E-state index is 0.982. The van der Waals surface area contributed by atoms with Gasteiger partial charge in [-0.15, -0.1) is 0 Å². The Kier molecular flexibility index (Phi) is 9.76. The lowest BCUT2D eigenvalue weighted by Crippen LogP contribution is -2.16. The van der Waals surface area contributed by atoms with Gasteiger partial charge in [-0.2, -0.15) is 0 Å². The summed E-state index contributed by atoms with van der Waals surface area (Å²) in [6.45, 7) is 18.9. The van der Waals surface area contributed by atoms with Crippen LogP contribution in [-0.4, -0.2) is 0 Å². The number of rotatable bonds is 10. The van der Waals surface area contributed by atoms with Gasteiger partial charge in [0.15, 0.2) is 0 Å². The molecule has 0 fully saturated rings. The van der Waals surface area contributed by atoms with E-state index in [0.29, 0.717) is 0 Å². The monoisotopic (exact) mass is 656 g/mol. The van der Waals surface area contributed by atoms with Crippen molar-refractivity contribution in [1.29, 1.82) is 0 Å². The lowest BCUT2D eigenvalue weighted by atomic mass is 9.72. The average molecular weight is 657 g/mol. The van der Waals surface area contributed by atoms with Crippen molar-refractivity contribution < 1.29 is 0 Å². The summed E-state index contributed by atoms with van der Waals surface area (Å²) in [5, 5.41) is 5.87. The quantitative estimate of drug-likeness (QED) is 0.129. The molecule has 0 bridgehead atoms. The largest absolute Gasteiger partial charge is 0.0651 e. The molecule has 0 amide bonds. The summed E-state index contributed by atoms with van der Waals surface area (Å²) in [5.41, 5.74) is 24.2. The Morgan fingerprint density at radius 3 is 1.06 bits per heavy atom. The molecule has 0 aromatic heterocycles. The number of fused-ring (bicyclic) bond motifs is 4. The number of benzene rings is 6. The first-order chi connectivity index (χ1) is 24.3. The molecule has 256 valence electrons. The number of hydrogen-bond donors (Lipinski definition) is 0. The summed E-state index contributed by atoms with van der Waals surface area (Å²) in [6.07, 6.45) is 11.3. The first-order valence-electron chi connectivity index (χ1n) is 19.6. The van der Waals surface area contributed by atoms with Gasteiger partial charge in [-0.1, -0.05) is 114 Å². The van der Waals surface area contributed by atoms with Crippen molar-refractivity contribution in [3.63, 3.8) is 0 Å². The average Bonchev–Trinajstić information content (AvgIpc) is 3.14. The molecule has 0 heterocycles. The van der Waals surface area contributed by atoms with Crippen molar-refractivity contribution in [2.45, 2.75) is 120 Å². The summed E-state index contributed by atoms with van der Waals surface area (Å²) >= 11 is 0. The van der Waals surface area contributed by atoms with E-state index in [-0.39, 0.29) is 0 Å². The third-order valence-electron chi connectivity index (χ3n) is 12.2. The van der Waals surface area contributed by atoms with Crippen molar-refractivity contribution in [3.8, 4) is 22.3 Å². The van der Waals surface area contributed by atoms with Gasteiger partial charge in [-0.3, -0.25) is 0 Å². The Hall–Kier alpha value is -4.16. The predicted molar refractivity (Wildman–Crippen MR) is 219 cm³/mol. The molecule has 6 aromatic rings. The predicted octanol–water partition coefficient (Wildman–Crippen LogP) is 13.9. The van der Waals surface area contributed by atoms with Gasteiger partial charge >= 0.3 is 0 Å². The SMILES string of the molecule is CCCc1c(CCC)c(CCC)c2cc3c(-c4ccccc4)c4c(c(-c5ccccc5)c3cc2c1CCC)Cc1c(C)c(C)c(C)c(C)c1C4. The van der Waals surface area contributed by atoms with E-state index in [2.05, 4.69) is 128 Å². The van der Waals surface area contributed by atoms with E-state index in [1.54, 1.807) is 33.4 Å². The summed E-state index contributed by atoms with van der Waals surface area (Å²) < 4.78 is 0. The normalized spacial score (nSPS) is 12.5. The molecule has 0 saturated heterocycles. The van der Waals surface area contributed by atoms with Crippen LogP contribution in [-0.2, 0) is 38.5 Å². The molecule has 50 heavy (non-hydrogen) atoms. The van der Waals surface area contributed by atoms with E-state index in [1.807, 2.05) is 0 Å². The summed E-state index contributed by atoms with van der Waals surface area (Å²) in [4.78, 5) is 0. The molecule has 0 aliphatic heterocycles. The Balaban J connectivity index is 1.72. The van der Waals surface area contributed by atoms with Gasteiger partial charge < -0.3 is 0 Å². The molecule has 0 atom stereocenters. The van der Waals surface area contributed by atoms with Crippen molar-refractivity contribution in [1.82, 2.24) is 0 Å². The van der Waals surface area contributed by atoms with Crippen LogP contribution in [0.15, 0.2) is 72.8 Å². The minimum Gasteiger partial charge on any atom is -0.0651 e. The molecule has 0 N–H and O–H groups in total. The first kappa shape index (κ1) is 34.3. The van der Waals surface area contributed by atoms with E-state index >= 15 is 0 Å². The fourth-order valence-corrected chi connectivity index (χ4v) is 9.56. The lowest BCUT2D eigenvalue weighted by molar-refractivity contribution is 0.810. The third kappa shape index (κ3) is 5.60. The van der Waals surface area contributed by atoms with Crippen LogP contribution in [0.25, 0.3) is 43.8 Å². The molecule has 1 aliphatic carbocycles. The topological polar surface area (TPSA) is 0 Å². The van der Waals surface area contributed by atoms with Gasteiger partial charge in [0.25, 0.3) is 0 Å². The Labute approximate surface area is 302 Å². The Morgan fingerprint density at radius 1 is 0.380 bits per heavy atom. The van der Waals surface area contributed by atoms with Crippen LogP contribution in [0.2, 0.25) is 0 Å². The summed E-state index contributed by atoms with van der Waals surface area (Å²) in [7, 11) is 0. The maximum atomic E-state index is 2.67. The molecule has 0 spiro atoms. The summed E-state index contributed by atoms with van der Waals surface area (Å²) in [5.74, 6) is 0. The van der Waals surface area contributed by atoms with E-state index in [1.165, 1.54) is 116 Å². The second-order valence-corrected chi connectivity index (χ2v) is 15.1. The Bertz CT molecular complexity index is 2050. The molecule has 6 aromatic carbocycles. The number of hydrogen-bond acceptors (Lipinski definition) is 0. The summed E-state index contributed by atoms with van der Waals surface area (Å²) in [6, 6.07) is 28.1. The number of aryl methyl sites for hydroxylation is 2. The van der Waals surface area contributed by atoms with Gasteiger partial charge in [0.05, 0.1) is 0 Å². The highest BCUT2D eigenvalue weighted by atomic mass is 14.3. The fraction of sp³-hybridized carbons (Fsp3) is 0.360. The standard InChI is InChI=1S/C50H56/c1-9-19-37-38(20-10-2)40(22-12-4)44-30-48-47(29-43(44)39(37)21-11-3)49(35-23-15-13-16-24-35)45-27-41-33(7)31(5)32(6)34(8)42(41)28-46(45)50(48)36-25-17-14-18-26-36/h13-18,23-26,29-30H,9-12,19-22,27-28H2,1-8H3. The minimum absolute atomic E-state index is 0.982. The van der Waals surface area contributed by atoms with E-state index in [0.717, 1.165) is 25.7 Å². The highest BCUT2D eigenvalue weighted by Gasteiger charge is 2.30. The highest BCUT2D eigenvalue weighted by molar-refractivity contribution is 6.14. The molecule has 0 saturated carbocycles. The molecule has 0 radical (unpaired) electrons. The van der Waals surface area contributed by atoms with Gasteiger partial charge in [0, 0.05) is 0 Å². The van der Waals surface area contributed by atoms with Crippen LogP contribution in [0.5, 0.6) is 0 Å². The maximum Gasteiger partial charge on any atom is -0.00106 e. The van der Waals surface area contributed by atoms with Crippen molar-refractivity contribution in [2.24, 2.45) is 0 Å². The first-order valence-corrected chi connectivity index (χ1v) is 19.6. The molecule has 0 unspecified atom stereocenters. The van der Waals surface area contributed by atoms with Crippen LogP contribution >= 0.6 is 0 Å². The van der Waals surface area contributed by atoms with Crippen molar-refractivity contribution >= 4 is 21.5 Å². The lowest BCUT2D eigenvalue weighted by Gasteiger charge is -2.32. The van der Waals surface area contributed by atoms with Crippen LogP contribution in [0, 0.1) is 27.7 Å². The van der Waals surface area contributed by atoms with Gasteiger partial charge in [0.2, 0.25) is 0 Å². The zero-order chi connectivity index (χ0) is 35.1. The van der Waals surface area contributed by atoms with Gasteiger partial charge in [-0.25, -0.2) is 0 Å². The van der Waals surface area contributed by atoms with Crippen molar-refractivity contribution in [3.05, 3.63) is 140 Å². The van der Waals surface area contributed by atoms with Crippen LogP contribution in [0.3, 0.4) is 0 Å². The maximum absolute atomic E-state index is 2.67. The molecular formula is C50H56. The molecule has 7 rings (SSSR count). The van der Waals surface area contributed by atoms with Crippen LogP contribution in [0.1, 0.15) is 120 Å². The van der Waals surface area contributed by atoms with E-state index < -0.39 is 0 Å². The van der Waals surface area contributed by atoms with E-state index in [4.69, 9.17) is 0 Å². The fourth-order valence-electron chi connectivity index (χ4n) is 9.56. The zero-order valence-electron chi connectivity index (χ0n) is 32.0. The zero-order valence-corrected chi connectivity index (χ0v) is 32.0. The van der Waals surface area contributed by atoms with E-state index in [9.17, 15) is 0 Å². The van der Waals surface area contributed by atoms with Gasteiger partial charge in [-0.05, 0) is 189 Å². The Morgan fingerprint density at radius 2 is 0.720 bits per heavy atom. The van der Waals surface area contributed by atoms with Crippen LogP contribution in [0.4, 0.5) is 0 Å².